The molecule has 21 heavy (non-hydrogen) atoms. The lowest BCUT2D eigenvalue weighted by Crippen LogP contribution is -2.28. The Bertz CT molecular complexity index is 584. The summed E-state index contributed by atoms with van der Waals surface area (Å²) in [6.07, 6.45) is 6.85. The maximum Gasteiger partial charge on any atom is 0.263 e. The third-order valence-corrected chi connectivity index (χ3v) is 4.01. The highest BCUT2D eigenvalue weighted by molar-refractivity contribution is 7.13. The summed E-state index contributed by atoms with van der Waals surface area (Å²) in [4.78, 5) is 25.3. The number of thiazole rings is 1. The smallest absolute Gasteiger partial charge is 0.263 e. The van der Waals surface area contributed by atoms with Crippen LogP contribution in [0.4, 0.5) is 5.82 Å². The van der Waals surface area contributed by atoms with E-state index in [-0.39, 0.29) is 5.91 Å². The van der Waals surface area contributed by atoms with Gasteiger partial charge < -0.3 is 10.6 Å². The van der Waals surface area contributed by atoms with E-state index in [1.165, 1.54) is 11.3 Å². The molecule has 0 fully saturated rings. The molecule has 0 atom stereocenters. The highest BCUT2D eigenvalue weighted by Crippen LogP contribution is 2.19. The van der Waals surface area contributed by atoms with Crippen LogP contribution in [0.25, 0.3) is 0 Å². The molecule has 2 N–H and O–H groups in total. The maximum absolute atomic E-state index is 12.1. The average molecular weight is 305 g/mol. The van der Waals surface area contributed by atoms with Crippen molar-refractivity contribution in [3.63, 3.8) is 0 Å². The van der Waals surface area contributed by atoms with Crippen molar-refractivity contribution in [2.24, 2.45) is 0 Å². The van der Waals surface area contributed by atoms with Crippen molar-refractivity contribution in [3.05, 3.63) is 34.2 Å². The molecular weight excluding hydrogens is 286 g/mol. The number of aryl methyl sites for hydroxylation is 2. The fourth-order valence-corrected chi connectivity index (χ4v) is 2.90. The molecule has 1 amide bonds. The first-order chi connectivity index (χ1) is 10.2. The summed E-state index contributed by atoms with van der Waals surface area (Å²) in [5.74, 6) is 0.638. The fourth-order valence-electron chi connectivity index (χ4n) is 1.82. The number of carbonyl (C=O) groups is 1. The second-order valence-corrected chi connectivity index (χ2v) is 5.63. The third kappa shape index (κ3) is 4.49. The van der Waals surface area contributed by atoms with E-state index < -0.39 is 0 Å². The largest absolute Gasteiger partial charge is 0.367 e. The first kappa shape index (κ1) is 15.4. The molecule has 112 valence electrons. The van der Waals surface area contributed by atoms with Gasteiger partial charge in [-0.2, -0.15) is 0 Å². The van der Waals surface area contributed by atoms with Crippen LogP contribution >= 0.6 is 11.3 Å². The van der Waals surface area contributed by atoms with Crippen LogP contribution < -0.4 is 10.6 Å². The third-order valence-electron chi connectivity index (χ3n) is 2.79. The summed E-state index contributed by atoms with van der Waals surface area (Å²) >= 11 is 1.48. The molecule has 2 heterocycles. The van der Waals surface area contributed by atoms with E-state index in [2.05, 4.69) is 32.5 Å². The molecule has 0 aliphatic heterocycles. The minimum absolute atomic E-state index is 0.0618. The molecule has 0 bridgehead atoms. The first-order valence-corrected chi connectivity index (χ1v) is 7.76. The van der Waals surface area contributed by atoms with E-state index in [1.54, 1.807) is 18.6 Å². The summed E-state index contributed by atoms with van der Waals surface area (Å²) in [6.45, 7) is 5.11. The van der Waals surface area contributed by atoms with Gasteiger partial charge in [-0.25, -0.2) is 9.97 Å². The second kappa shape index (κ2) is 7.68. The Morgan fingerprint density at radius 3 is 2.90 bits per heavy atom. The van der Waals surface area contributed by atoms with Crippen molar-refractivity contribution < 1.29 is 4.79 Å². The Hall–Kier alpha value is -2.02. The zero-order valence-corrected chi connectivity index (χ0v) is 13.0. The van der Waals surface area contributed by atoms with Gasteiger partial charge in [0.05, 0.1) is 16.9 Å². The van der Waals surface area contributed by atoms with Crippen molar-refractivity contribution >= 4 is 23.1 Å². The molecule has 0 aromatic carbocycles. The van der Waals surface area contributed by atoms with Gasteiger partial charge in [0.25, 0.3) is 5.91 Å². The Balaban J connectivity index is 1.79. The Kier molecular flexibility index (Phi) is 5.62. The number of anilines is 1. The van der Waals surface area contributed by atoms with Gasteiger partial charge in [-0.15, -0.1) is 11.3 Å². The van der Waals surface area contributed by atoms with Crippen LogP contribution in [0.15, 0.2) is 18.6 Å². The van der Waals surface area contributed by atoms with Crippen LogP contribution in [0.2, 0.25) is 0 Å². The summed E-state index contributed by atoms with van der Waals surface area (Å²) < 4.78 is 0. The normalized spacial score (nSPS) is 10.4. The molecule has 0 saturated carbocycles. The van der Waals surface area contributed by atoms with E-state index in [4.69, 9.17) is 0 Å². The van der Waals surface area contributed by atoms with Crippen molar-refractivity contribution in [2.75, 3.05) is 18.4 Å². The molecule has 0 spiro atoms. The van der Waals surface area contributed by atoms with Gasteiger partial charge in [-0.05, 0) is 19.8 Å². The minimum Gasteiger partial charge on any atom is -0.367 e. The molecule has 2 aromatic rings. The van der Waals surface area contributed by atoms with Gasteiger partial charge in [0.1, 0.15) is 10.7 Å². The van der Waals surface area contributed by atoms with Gasteiger partial charge in [0.2, 0.25) is 0 Å². The van der Waals surface area contributed by atoms with Gasteiger partial charge in [0.15, 0.2) is 0 Å². The summed E-state index contributed by atoms with van der Waals surface area (Å²) in [6, 6.07) is 0. The summed E-state index contributed by atoms with van der Waals surface area (Å²) in [5.41, 5.74) is 0.808. The number of rotatable bonds is 7. The predicted molar refractivity (Wildman–Crippen MR) is 83.7 cm³/mol. The molecule has 6 nitrogen and oxygen atoms in total. The van der Waals surface area contributed by atoms with Gasteiger partial charge in [0, 0.05) is 25.5 Å². The molecule has 0 aliphatic rings. The van der Waals surface area contributed by atoms with Gasteiger partial charge in [-0.1, -0.05) is 6.92 Å². The molecule has 2 rings (SSSR count). The van der Waals surface area contributed by atoms with Gasteiger partial charge in [-0.3, -0.25) is 9.78 Å². The summed E-state index contributed by atoms with van der Waals surface area (Å²) in [7, 11) is 0. The highest BCUT2D eigenvalue weighted by Gasteiger charge is 2.14. The lowest BCUT2D eigenvalue weighted by molar-refractivity contribution is 0.0958. The molecule has 0 unspecified atom stereocenters. The average Bonchev–Trinajstić information content (AvgIpc) is 2.86. The first-order valence-electron chi connectivity index (χ1n) is 6.95. The lowest BCUT2D eigenvalue weighted by Gasteiger charge is -2.06. The van der Waals surface area contributed by atoms with Crippen LogP contribution in [-0.2, 0) is 6.42 Å². The van der Waals surface area contributed by atoms with Crippen LogP contribution in [0.1, 0.15) is 33.7 Å². The molecule has 0 radical (unpaired) electrons. The predicted octanol–water partition coefficient (Wildman–Crippen LogP) is 2.04. The number of carbonyl (C=O) groups excluding carboxylic acids is 1. The zero-order valence-electron chi connectivity index (χ0n) is 12.2. The van der Waals surface area contributed by atoms with E-state index in [0.717, 1.165) is 23.5 Å². The number of amides is 1. The second-order valence-electron chi connectivity index (χ2n) is 4.55. The van der Waals surface area contributed by atoms with Crippen molar-refractivity contribution in [1.82, 2.24) is 20.3 Å². The maximum atomic E-state index is 12.1. The SMILES string of the molecule is CCCc1nc(C)c(C(=O)NCCNc2cnccn2)s1. The van der Waals surface area contributed by atoms with E-state index in [1.807, 2.05) is 6.92 Å². The molecule has 0 aliphatic carbocycles. The van der Waals surface area contributed by atoms with Crippen molar-refractivity contribution in [1.29, 1.82) is 0 Å². The van der Waals surface area contributed by atoms with Crippen LogP contribution in [-0.4, -0.2) is 33.9 Å². The number of aromatic nitrogens is 3. The molecule has 7 heteroatoms. The van der Waals surface area contributed by atoms with Crippen LogP contribution in [0.5, 0.6) is 0 Å². The highest BCUT2D eigenvalue weighted by atomic mass is 32.1. The fraction of sp³-hybridized carbons (Fsp3) is 0.429. The van der Waals surface area contributed by atoms with Crippen LogP contribution in [0, 0.1) is 6.92 Å². The van der Waals surface area contributed by atoms with Crippen molar-refractivity contribution in [3.8, 4) is 0 Å². The van der Waals surface area contributed by atoms with E-state index >= 15 is 0 Å². The number of hydrogen-bond acceptors (Lipinski definition) is 6. The number of hydrogen-bond donors (Lipinski definition) is 2. The number of nitrogens with zero attached hydrogens (tertiary/aromatic N) is 3. The Labute approximate surface area is 128 Å². The monoisotopic (exact) mass is 305 g/mol. The van der Waals surface area contributed by atoms with Gasteiger partial charge >= 0.3 is 0 Å². The number of nitrogens with one attached hydrogen (secondary N) is 2. The standard InChI is InChI=1S/C14H19N5OS/c1-3-4-12-19-10(2)13(21-12)14(20)18-8-7-17-11-9-15-5-6-16-11/h5-6,9H,3-4,7-8H2,1-2H3,(H,16,17)(H,18,20). The quantitative estimate of drug-likeness (QED) is 0.765. The molecule has 2 aromatic heterocycles. The summed E-state index contributed by atoms with van der Waals surface area (Å²) in [5, 5.41) is 7.00. The lowest BCUT2D eigenvalue weighted by atomic mass is 10.3. The Morgan fingerprint density at radius 1 is 1.33 bits per heavy atom. The van der Waals surface area contributed by atoms with E-state index in [0.29, 0.717) is 23.8 Å². The van der Waals surface area contributed by atoms with Crippen molar-refractivity contribution in [2.45, 2.75) is 26.7 Å². The van der Waals surface area contributed by atoms with E-state index in [9.17, 15) is 4.79 Å². The minimum atomic E-state index is -0.0618. The Morgan fingerprint density at radius 2 is 2.19 bits per heavy atom. The zero-order chi connectivity index (χ0) is 15.1. The molecule has 0 saturated heterocycles. The molecular formula is C14H19N5OS. The topological polar surface area (TPSA) is 79.8 Å². The van der Waals surface area contributed by atoms with Crippen LogP contribution in [0.3, 0.4) is 0 Å².